The molecule has 0 saturated heterocycles. The molecule has 0 fully saturated rings. The molecule has 0 bridgehead atoms. The number of ether oxygens (including phenoxy) is 1. The van der Waals surface area contributed by atoms with Crippen molar-refractivity contribution in [1.29, 1.82) is 0 Å². The molecule has 0 radical (unpaired) electrons. The number of benzene rings is 1. The Kier molecular flexibility index (Phi) is 4.00. The number of methoxy groups -OCH3 is 1. The number of carbonyl (C=O) groups is 1. The minimum atomic E-state index is -0.488. The summed E-state index contributed by atoms with van der Waals surface area (Å²) in [6.07, 6.45) is 0.342. The largest absolute Gasteiger partial charge is 0.464 e. The lowest BCUT2D eigenvalue weighted by molar-refractivity contribution is 0.0593. The molecule has 0 aliphatic rings. The van der Waals surface area contributed by atoms with Crippen molar-refractivity contribution in [3.8, 4) is 0 Å². The molecule has 2 heterocycles. The molecule has 1 aromatic carbocycles. The number of rotatable bonds is 3. The zero-order valence-corrected chi connectivity index (χ0v) is 13.0. The fraction of sp³-hybridized carbons (Fsp3) is 0.133. The molecule has 0 aliphatic heterocycles. The summed E-state index contributed by atoms with van der Waals surface area (Å²) in [5, 5.41) is 0.822. The standard InChI is InChI=1S/C15H10Cl2N2O3/c1-21-15(20)11-4-2-3-8(18-11)5-14-19-12-6-9(16)10(17)7-13(12)22-14/h2-4,6-7H,5H2,1H3. The highest BCUT2D eigenvalue weighted by molar-refractivity contribution is 6.42. The van der Waals surface area contributed by atoms with Gasteiger partial charge in [0.15, 0.2) is 5.58 Å². The summed E-state index contributed by atoms with van der Waals surface area (Å²) in [6.45, 7) is 0. The van der Waals surface area contributed by atoms with E-state index < -0.39 is 5.97 Å². The first-order valence-electron chi connectivity index (χ1n) is 6.35. The normalized spacial score (nSPS) is 10.9. The number of aromatic nitrogens is 2. The van der Waals surface area contributed by atoms with Crippen molar-refractivity contribution in [2.75, 3.05) is 7.11 Å². The topological polar surface area (TPSA) is 65.2 Å². The van der Waals surface area contributed by atoms with Gasteiger partial charge in [-0.2, -0.15) is 0 Å². The molecule has 5 nitrogen and oxygen atoms in total. The fourth-order valence-electron chi connectivity index (χ4n) is 2.00. The summed E-state index contributed by atoms with van der Waals surface area (Å²) in [6, 6.07) is 8.35. The monoisotopic (exact) mass is 336 g/mol. The molecule has 0 N–H and O–H groups in total. The Bertz CT molecular complexity index is 822. The Balaban J connectivity index is 1.91. The molecule has 0 aliphatic carbocycles. The second kappa shape index (κ2) is 5.94. The van der Waals surface area contributed by atoms with Crippen molar-refractivity contribution in [2.24, 2.45) is 0 Å². The van der Waals surface area contributed by atoms with E-state index in [1.54, 1.807) is 30.3 Å². The molecule has 112 valence electrons. The Labute approximate surface area is 135 Å². The van der Waals surface area contributed by atoms with Gasteiger partial charge in [-0.05, 0) is 18.2 Å². The van der Waals surface area contributed by atoms with Crippen LogP contribution in [0.2, 0.25) is 10.0 Å². The molecule has 7 heteroatoms. The summed E-state index contributed by atoms with van der Waals surface area (Å²) < 4.78 is 10.3. The van der Waals surface area contributed by atoms with Gasteiger partial charge in [0, 0.05) is 6.07 Å². The third kappa shape index (κ3) is 2.91. The van der Waals surface area contributed by atoms with Gasteiger partial charge in [0.1, 0.15) is 11.2 Å². The quantitative estimate of drug-likeness (QED) is 0.678. The maximum atomic E-state index is 11.5. The lowest BCUT2D eigenvalue weighted by Gasteiger charge is -2.00. The molecular weight excluding hydrogens is 327 g/mol. The van der Waals surface area contributed by atoms with E-state index in [-0.39, 0.29) is 5.69 Å². The number of fused-ring (bicyclic) bond motifs is 1. The first-order valence-corrected chi connectivity index (χ1v) is 7.11. The van der Waals surface area contributed by atoms with Crippen LogP contribution >= 0.6 is 23.2 Å². The number of pyridine rings is 1. The second-order valence-electron chi connectivity index (χ2n) is 4.52. The van der Waals surface area contributed by atoms with E-state index in [2.05, 4.69) is 14.7 Å². The molecule has 0 amide bonds. The molecule has 3 aromatic rings. The Morgan fingerprint density at radius 1 is 1.23 bits per heavy atom. The van der Waals surface area contributed by atoms with Gasteiger partial charge >= 0.3 is 5.97 Å². The zero-order valence-electron chi connectivity index (χ0n) is 11.5. The smallest absolute Gasteiger partial charge is 0.356 e. The molecule has 2 aromatic heterocycles. The van der Waals surface area contributed by atoms with Gasteiger partial charge in [-0.15, -0.1) is 0 Å². The van der Waals surface area contributed by atoms with Gasteiger partial charge in [-0.3, -0.25) is 0 Å². The van der Waals surface area contributed by atoms with Gasteiger partial charge in [-0.1, -0.05) is 29.3 Å². The molecule has 0 saturated carbocycles. The number of halogens is 2. The number of hydrogen-bond donors (Lipinski definition) is 0. The maximum Gasteiger partial charge on any atom is 0.356 e. The number of hydrogen-bond acceptors (Lipinski definition) is 5. The summed E-state index contributed by atoms with van der Waals surface area (Å²) in [5.41, 5.74) is 2.05. The van der Waals surface area contributed by atoms with Crippen molar-refractivity contribution < 1.29 is 13.9 Å². The van der Waals surface area contributed by atoms with E-state index in [4.69, 9.17) is 27.6 Å². The van der Waals surface area contributed by atoms with Gasteiger partial charge in [-0.25, -0.2) is 14.8 Å². The van der Waals surface area contributed by atoms with Crippen LogP contribution < -0.4 is 0 Å². The lowest BCUT2D eigenvalue weighted by Crippen LogP contribution is -2.06. The van der Waals surface area contributed by atoms with E-state index in [1.807, 2.05) is 0 Å². The number of oxazole rings is 1. The molecule has 0 unspecified atom stereocenters. The van der Waals surface area contributed by atoms with Crippen molar-refractivity contribution in [2.45, 2.75) is 6.42 Å². The van der Waals surface area contributed by atoms with Crippen LogP contribution in [-0.4, -0.2) is 23.0 Å². The predicted molar refractivity (Wildman–Crippen MR) is 82.4 cm³/mol. The third-order valence-electron chi connectivity index (χ3n) is 3.01. The van der Waals surface area contributed by atoms with Crippen LogP contribution in [0.15, 0.2) is 34.7 Å². The Hall–Kier alpha value is -2.11. The summed E-state index contributed by atoms with van der Waals surface area (Å²) >= 11 is 11.9. The molecular formula is C15H10Cl2N2O3. The minimum Gasteiger partial charge on any atom is -0.464 e. The van der Waals surface area contributed by atoms with Crippen LogP contribution in [0.3, 0.4) is 0 Å². The van der Waals surface area contributed by atoms with Crippen LogP contribution in [0, 0.1) is 0 Å². The van der Waals surface area contributed by atoms with Crippen LogP contribution in [0.5, 0.6) is 0 Å². The minimum absolute atomic E-state index is 0.238. The number of esters is 1. The van der Waals surface area contributed by atoms with Crippen molar-refractivity contribution in [1.82, 2.24) is 9.97 Å². The van der Waals surface area contributed by atoms with Gasteiger partial charge in [0.05, 0.1) is 29.3 Å². The first-order chi connectivity index (χ1) is 10.6. The van der Waals surface area contributed by atoms with E-state index in [9.17, 15) is 4.79 Å². The fourth-order valence-corrected chi connectivity index (χ4v) is 2.31. The highest BCUT2D eigenvalue weighted by Gasteiger charge is 2.12. The number of carbonyl (C=O) groups excluding carboxylic acids is 1. The van der Waals surface area contributed by atoms with Crippen LogP contribution in [0.4, 0.5) is 0 Å². The maximum absolute atomic E-state index is 11.5. The first kappa shape index (κ1) is 14.8. The van der Waals surface area contributed by atoms with Gasteiger partial charge in [0.25, 0.3) is 0 Å². The van der Waals surface area contributed by atoms with Gasteiger partial charge in [0.2, 0.25) is 5.89 Å². The second-order valence-corrected chi connectivity index (χ2v) is 5.34. The average molecular weight is 337 g/mol. The SMILES string of the molecule is COC(=O)c1cccc(Cc2nc3cc(Cl)c(Cl)cc3o2)n1. The lowest BCUT2D eigenvalue weighted by atomic mass is 10.2. The summed E-state index contributed by atoms with van der Waals surface area (Å²) in [5.74, 6) is -0.0270. The molecule has 0 atom stereocenters. The van der Waals surface area contributed by atoms with Crippen LogP contribution in [0.25, 0.3) is 11.1 Å². The van der Waals surface area contributed by atoms with Crippen molar-refractivity contribution >= 4 is 40.3 Å². The third-order valence-corrected chi connectivity index (χ3v) is 3.73. The molecule has 3 rings (SSSR count). The predicted octanol–water partition coefficient (Wildman–Crippen LogP) is 3.91. The summed E-state index contributed by atoms with van der Waals surface area (Å²) in [7, 11) is 1.31. The zero-order chi connectivity index (χ0) is 15.7. The summed E-state index contributed by atoms with van der Waals surface area (Å²) in [4.78, 5) is 20.0. The van der Waals surface area contributed by atoms with Crippen LogP contribution in [0.1, 0.15) is 22.1 Å². The highest BCUT2D eigenvalue weighted by atomic mass is 35.5. The highest BCUT2D eigenvalue weighted by Crippen LogP contribution is 2.28. The van der Waals surface area contributed by atoms with Crippen LogP contribution in [-0.2, 0) is 11.2 Å². The van der Waals surface area contributed by atoms with Crippen molar-refractivity contribution in [3.05, 3.63) is 57.7 Å². The average Bonchev–Trinajstić information content (AvgIpc) is 2.88. The van der Waals surface area contributed by atoms with Gasteiger partial charge < -0.3 is 9.15 Å². The van der Waals surface area contributed by atoms with E-state index >= 15 is 0 Å². The Morgan fingerprint density at radius 3 is 2.77 bits per heavy atom. The van der Waals surface area contributed by atoms with E-state index in [0.29, 0.717) is 39.2 Å². The molecule has 22 heavy (non-hydrogen) atoms. The molecule has 0 spiro atoms. The van der Waals surface area contributed by atoms with Crippen molar-refractivity contribution in [3.63, 3.8) is 0 Å². The Morgan fingerprint density at radius 2 is 2.00 bits per heavy atom. The van der Waals surface area contributed by atoms with E-state index in [0.717, 1.165) is 0 Å². The van der Waals surface area contributed by atoms with E-state index in [1.165, 1.54) is 7.11 Å². The number of nitrogens with zero attached hydrogens (tertiary/aromatic N) is 2.